The number of hydrogen-bond acceptors (Lipinski definition) is 4. The van der Waals surface area contributed by atoms with Gasteiger partial charge in [-0.2, -0.15) is 0 Å². The van der Waals surface area contributed by atoms with Gasteiger partial charge in [-0.1, -0.05) is 57.7 Å². The third-order valence-corrected chi connectivity index (χ3v) is 9.95. The Morgan fingerprint density at radius 1 is 1.30 bits per heavy atom. The van der Waals surface area contributed by atoms with E-state index in [9.17, 15) is 9.90 Å². The van der Waals surface area contributed by atoms with E-state index in [1.807, 2.05) is 30.3 Å². The molecule has 1 aromatic carbocycles. The Balaban J connectivity index is 1.99. The smallest absolute Gasteiger partial charge is 0.335 e. The Hall–Kier alpha value is -1.47. The van der Waals surface area contributed by atoms with Crippen molar-refractivity contribution >= 4 is 14.3 Å². The number of carboxylic acids is 1. The molecule has 0 saturated carbocycles. The van der Waals surface area contributed by atoms with Gasteiger partial charge in [-0.05, 0) is 35.7 Å². The second-order valence-corrected chi connectivity index (χ2v) is 13.4. The first kappa shape index (κ1) is 21.8. The maximum absolute atomic E-state index is 11.8. The molecule has 1 aliphatic heterocycles. The first-order chi connectivity index (χ1) is 12.5. The normalized spacial score (nSPS) is 24.0. The summed E-state index contributed by atoms with van der Waals surface area (Å²) in [4.78, 5) is 11.8. The Labute approximate surface area is 163 Å². The third-order valence-electron chi connectivity index (χ3n) is 5.44. The molecule has 0 spiro atoms. The van der Waals surface area contributed by atoms with Crippen LogP contribution in [0.1, 0.15) is 32.8 Å². The van der Waals surface area contributed by atoms with Gasteiger partial charge in [0, 0.05) is 0 Å². The van der Waals surface area contributed by atoms with Gasteiger partial charge in [-0.15, -0.1) is 0 Å². The zero-order valence-corrected chi connectivity index (χ0v) is 18.0. The fourth-order valence-corrected chi connectivity index (χ4v) is 4.07. The molecular formula is C21H32O5Si. The van der Waals surface area contributed by atoms with Gasteiger partial charge < -0.3 is 19.0 Å². The minimum atomic E-state index is -2.12. The molecule has 6 heteroatoms. The van der Waals surface area contributed by atoms with Crippen molar-refractivity contribution in [2.24, 2.45) is 0 Å². The van der Waals surface area contributed by atoms with Crippen LogP contribution in [0.25, 0.3) is 0 Å². The number of hydrogen-bond donors (Lipinski definition) is 1. The van der Waals surface area contributed by atoms with Crippen LogP contribution in [-0.4, -0.2) is 44.3 Å². The molecule has 0 bridgehead atoms. The highest BCUT2D eigenvalue weighted by Crippen LogP contribution is 2.39. The zero-order chi connectivity index (χ0) is 20.2. The molecule has 1 aromatic rings. The van der Waals surface area contributed by atoms with Crippen molar-refractivity contribution in [2.75, 3.05) is 6.61 Å². The van der Waals surface area contributed by atoms with Gasteiger partial charge >= 0.3 is 5.97 Å². The van der Waals surface area contributed by atoms with Gasteiger partial charge in [0.2, 0.25) is 0 Å². The van der Waals surface area contributed by atoms with E-state index in [4.69, 9.17) is 13.9 Å². The van der Waals surface area contributed by atoms with E-state index < -0.39 is 32.6 Å². The molecule has 1 aliphatic rings. The van der Waals surface area contributed by atoms with E-state index in [1.54, 1.807) is 0 Å². The van der Waals surface area contributed by atoms with E-state index >= 15 is 0 Å². The molecule has 27 heavy (non-hydrogen) atoms. The van der Waals surface area contributed by atoms with Crippen LogP contribution in [0.2, 0.25) is 18.1 Å². The molecule has 0 aliphatic carbocycles. The molecule has 1 saturated heterocycles. The molecule has 5 nitrogen and oxygen atoms in total. The molecule has 0 radical (unpaired) electrons. The maximum Gasteiger partial charge on any atom is 0.335 e. The summed E-state index contributed by atoms with van der Waals surface area (Å²) in [6.07, 6.45) is -1.48. The highest BCUT2D eigenvalue weighted by Gasteiger charge is 2.45. The summed E-state index contributed by atoms with van der Waals surface area (Å²) in [5.41, 5.74) is 1.89. The SMILES string of the molecule is C=C1C[C@H](O[Si](C)(C)C(C)(C)C)[C@@H](C(=O)O)O[C@H]1COCc1ccccc1. The van der Waals surface area contributed by atoms with Crippen molar-refractivity contribution in [2.45, 2.75) is 70.2 Å². The zero-order valence-electron chi connectivity index (χ0n) is 17.0. The lowest BCUT2D eigenvalue weighted by Gasteiger charge is -2.43. The summed E-state index contributed by atoms with van der Waals surface area (Å²) in [6, 6.07) is 9.84. The number of aliphatic carboxylic acids is 1. The molecule has 0 aromatic heterocycles. The third kappa shape index (κ3) is 5.75. The quantitative estimate of drug-likeness (QED) is 0.551. The molecule has 0 unspecified atom stereocenters. The van der Waals surface area contributed by atoms with Crippen molar-refractivity contribution in [3.63, 3.8) is 0 Å². The monoisotopic (exact) mass is 392 g/mol. The van der Waals surface area contributed by atoms with E-state index in [-0.39, 0.29) is 11.6 Å². The van der Waals surface area contributed by atoms with Gasteiger partial charge in [0.25, 0.3) is 0 Å². The van der Waals surface area contributed by atoms with Crippen LogP contribution in [0.15, 0.2) is 42.5 Å². The Morgan fingerprint density at radius 3 is 2.48 bits per heavy atom. The van der Waals surface area contributed by atoms with Crippen LogP contribution in [0.4, 0.5) is 0 Å². The van der Waals surface area contributed by atoms with Gasteiger partial charge in [0.15, 0.2) is 14.4 Å². The standard InChI is InChI=1S/C21H32O5Si/c1-15-12-17(26-27(5,6)21(2,3)4)19(20(22)23)25-18(15)14-24-13-16-10-8-7-9-11-16/h7-11,17-19H,1,12-14H2,2-6H3,(H,22,23)/t17-,18-,19-/m0/s1. The number of carbonyl (C=O) groups is 1. The number of carboxylic acid groups (broad SMARTS) is 1. The largest absolute Gasteiger partial charge is 0.479 e. The number of rotatable bonds is 7. The lowest BCUT2D eigenvalue weighted by atomic mass is 9.97. The minimum absolute atomic E-state index is 0.00691. The average molecular weight is 393 g/mol. The molecule has 1 N–H and O–H groups in total. The summed E-state index contributed by atoms with van der Waals surface area (Å²) in [6.45, 7) is 15.5. The highest BCUT2D eigenvalue weighted by atomic mass is 28.4. The van der Waals surface area contributed by atoms with Crippen LogP contribution in [0.3, 0.4) is 0 Å². The topological polar surface area (TPSA) is 65.0 Å². The molecule has 0 amide bonds. The number of ether oxygens (including phenoxy) is 2. The molecule has 150 valence electrons. The van der Waals surface area contributed by atoms with Crippen molar-refractivity contribution in [1.29, 1.82) is 0 Å². The van der Waals surface area contributed by atoms with Gasteiger partial charge in [-0.3, -0.25) is 0 Å². The van der Waals surface area contributed by atoms with Crippen LogP contribution in [0.5, 0.6) is 0 Å². The second-order valence-electron chi connectivity index (χ2n) is 8.66. The minimum Gasteiger partial charge on any atom is -0.479 e. The summed E-state index contributed by atoms with van der Waals surface area (Å²) in [5, 5.41) is 9.65. The molecule has 1 fully saturated rings. The first-order valence-corrected chi connectivity index (χ1v) is 12.3. The van der Waals surface area contributed by atoms with Crippen molar-refractivity contribution in [3.8, 4) is 0 Å². The van der Waals surface area contributed by atoms with Crippen molar-refractivity contribution < 1.29 is 23.8 Å². The fraction of sp³-hybridized carbons (Fsp3) is 0.571. The predicted octanol–water partition coefficient (Wildman–Crippen LogP) is 4.39. The summed E-state index contributed by atoms with van der Waals surface area (Å²) in [5.74, 6) is -1.00. The molecule has 2 rings (SSSR count). The van der Waals surface area contributed by atoms with E-state index in [0.29, 0.717) is 13.0 Å². The summed E-state index contributed by atoms with van der Waals surface area (Å²) >= 11 is 0. The van der Waals surface area contributed by atoms with Crippen molar-refractivity contribution in [1.82, 2.24) is 0 Å². The first-order valence-electron chi connectivity index (χ1n) is 9.36. The Kier molecular flexibility index (Phi) is 7.02. The molecule has 1 heterocycles. The Bertz CT molecular complexity index is 650. The van der Waals surface area contributed by atoms with Crippen LogP contribution in [0, 0.1) is 0 Å². The molecule has 3 atom stereocenters. The summed E-state index contributed by atoms with van der Waals surface area (Å²) < 4.78 is 17.9. The summed E-state index contributed by atoms with van der Waals surface area (Å²) in [7, 11) is -2.12. The second kappa shape index (κ2) is 8.69. The van der Waals surface area contributed by atoms with Crippen molar-refractivity contribution in [3.05, 3.63) is 48.0 Å². The van der Waals surface area contributed by atoms with Gasteiger partial charge in [0.05, 0.1) is 19.3 Å². The van der Waals surface area contributed by atoms with Crippen LogP contribution >= 0.6 is 0 Å². The van der Waals surface area contributed by atoms with Crippen LogP contribution in [-0.2, 0) is 25.3 Å². The van der Waals surface area contributed by atoms with Crippen LogP contribution < -0.4 is 0 Å². The van der Waals surface area contributed by atoms with E-state index in [2.05, 4.69) is 40.4 Å². The highest BCUT2D eigenvalue weighted by molar-refractivity contribution is 6.74. The fourth-order valence-electron chi connectivity index (χ4n) is 2.75. The van der Waals surface area contributed by atoms with E-state index in [1.165, 1.54) is 0 Å². The van der Waals surface area contributed by atoms with Gasteiger partial charge in [0.1, 0.15) is 6.10 Å². The van der Waals surface area contributed by atoms with E-state index in [0.717, 1.165) is 11.1 Å². The maximum atomic E-state index is 11.8. The van der Waals surface area contributed by atoms with Gasteiger partial charge in [-0.25, -0.2) is 4.79 Å². The Morgan fingerprint density at radius 2 is 1.93 bits per heavy atom. The lowest BCUT2D eigenvalue weighted by molar-refractivity contribution is -0.169. The number of benzene rings is 1. The molecular weight excluding hydrogens is 360 g/mol. The lowest BCUT2D eigenvalue weighted by Crippen LogP contribution is -2.53. The average Bonchev–Trinajstić information content (AvgIpc) is 2.56. The predicted molar refractivity (Wildman–Crippen MR) is 108 cm³/mol.